The molecule has 1 amide bonds. The summed E-state index contributed by atoms with van der Waals surface area (Å²) in [5.74, 6) is 0.250. The molecule has 1 atom stereocenters. The summed E-state index contributed by atoms with van der Waals surface area (Å²) in [6.07, 6.45) is 1.27. The number of nitrogens with zero attached hydrogens (tertiary/aromatic N) is 1. The van der Waals surface area contributed by atoms with Crippen molar-refractivity contribution in [3.05, 3.63) is 53.4 Å². The standard InChI is InChI=1S/C14H16N2O3/c1-10-12(9-16-19-10)14(18)15-8-7-13(17)11-5-3-2-4-6-11/h2-6,9,13,17H,7-8H2,1H3,(H,15,18)/t13-/m0/s1. The molecule has 2 aromatic rings. The van der Waals surface area contributed by atoms with Crippen molar-refractivity contribution in [1.29, 1.82) is 0 Å². The summed E-state index contributed by atoms with van der Waals surface area (Å²) in [6, 6.07) is 9.36. The van der Waals surface area contributed by atoms with Crippen molar-refractivity contribution in [1.82, 2.24) is 10.5 Å². The molecule has 0 bridgehead atoms. The fraction of sp³-hybridized carbons (Fsp3) is 0.286. The minimum absolute atomic E-state index is 0.237. The Morgan fingerprint density at radius 2 is 2.16 bits per heavy atom. The van der Waals surface area contributed by atoms with Crippen LogP contribution in [0.4, 0.5) is 0 Å². The fourth-order valence-corrected chi connectivity index (χ4v) is 1.78. The van der Waals surface area contributed by atoms with Crippen molar-refractivity contribution >= 4 is 5.91 Å². The second-order valence-electron chi connectivity index (χ2n) is 4.27. The summed E-state index contributed by atoms with van der Waals surface area (Å²) < 4.78 is 4.82. The van der Waals surface area contributed by atoms with E-state index in [1.165, 1.54) is 6.20 Å². The average Bonchev–Trinajstić information content (AvgIpc) is 2.86. The van der Waals surface area contributed by atoms with Crippen LogP contribution >= 0.6 is 0 Å². The van der Waals surface area contributed by atoms with Gasteiger partial charge in [0, 0.05) is 6.54 Å². The third-order valence-electron chi connectivity index (χ3n) is 2.88. The monoisotopic (exact) mass is 260 g/mol. The molecule has 5 nitrogen and oxygen atoms in total. The molecule has 1 aromatic carbocycles. The van der Waals surface area contributed by atoms with E-state index in [0.717, 1.165) is 5.56 Å². The van der Waals surface area contributed by atoms with Crippen LogP contribution in [0, 0.1) is 6.92 Å². The van der Waals surface area contributed by atoms with Gasteiger partial charge < -0.3 is 14.9 Å². The van der Waals surface area contributed by atoms with E-state index >= 15 is 0 Å². The first-order valence-corrected chi connectivity index (χ1v) is 6.11. The van der Waals surface area contributed by atoms with Crippen molar-refractivity contribution in [2.24, 2.45) is 0 Å². The van der Waals surface area contributed by atoms with Gasteiger partial charge in [-0.25, -0.2) is 0 Å². The minimum atomic E-state index is -0.579. The van der Waals surface area contributed by atoms with Crippen LogP contribution < -0.4 is 5.32 Å². The highest BCUT2D eigenvalue weighted by atomic mass is 16.5. The molecule has 19 heavy (non-hydrogen) atoms. The predicted octanol–water partition coefficient (Wildman–Crippen LogP) is 1.84. The first-order chi connectivity index (χ1) is 9.18. The molecule has 1 aromatic heterocycles. The predicted molar refractivity (Wildman–Crippen MR) is 69.6 cm³/mol. The van der Waals surface area contributed by atoms with Gasteiger partial charge in [-0.1, -0.05) is 35.5 Å². The molecule has 0 spiro atoms. The first-order valence-electron chi connectivity index (χ1n) is 6.11. The Morgan fingerprint density at radius 1 is 1.42 bits per heavy atom. The molecular weight excluding hydrogens is 244 g/mol. The van der Waals surface area contributed by atoms with Crippen molar-refractivity contribution < 1.29 is 14.4 Å². The molecule has 0 saturated carbocycles. The van der Waals surface area contributed by atoms with Gasteiger partial charge in [0.25, 0.3) is 5.91 Å². The van der Waals surface area contributed by atoms with Crippen LogP contribution in [0.5, 0.6) is 0 Å². The van der Waals surface area contributed by atoms with Gasteiger partial charge in [0.05, 0.1) is 12.3 Å². The number of aryl methyl sites for hydroxylation is 1. The lowest BCUT2D eigenvalue weighted by Crippen LogP contribution is -2.25. The van der Waals surface area contributed by atoms with Gasteiger partial charge in [-0.2, -0.15) is 0 Å². The second-order valence-corrected chi connectivity index (χ2v) is 4.27. The Labute approximate surface area is 111 Å². The van der Waals surface area contributed by atoms with Gasteiger partial charge in [-0.3, -0.25) is 4.79 Å². The normalized spacial score (nSPS) is 12.1. The number of carbonyl (C=O) groups excluding carboxylic acids is 1. The maximum absolute atomic E-state index is 11.8. The van der Waals surface area contributed by atoms with Crippen LogP contribution in [0.2, 0.25) is 0 Å². The first kappa shape index (κ1) is 13.3. The van der Waals surface area contributed by atoms with Gasteiger partial charge >= 0.3 is 0 Å². The third kappa shape index (κ3) is 3.42. The number of nitrogens with one attached hydrogen (secondary N) is 1. The number of benzene rings is 1. The molecule has 0 aliphatic carbocycles. The van der Waals surface area contributed by atoms with Crippen LogP contribution in [0.1, 0.15) is 34.2 Å². The summed E-state index contributed by atoms with van der Waals surface area (Å²) >= 11 is 0. The van der Waals surface area contributed by atoms with Gasteiger partial charge in [0.15, 0.2) is 0 Å². The second kappa shape index (κ2) is 6.15. The fourth-order valence-electron chi connectivity index (χ4n) is 1.78. The maximum atomic E-state index is 11.8. The van der Waals surface area contributed by atoms with E-state index in [1.54, 1.807) is 6.92 Å². The van der Waals surface area contributed by atoms with Gasteiger partial charge in [-0.15, -0.1) is 0 Å². The average molecular weight is 260 g/mol. The maximum Gasteiger partial charge on any atom is 0.256 e. The van der Waals surface area contributed by atoms with Gasteiger partial charge in [-0.05, 0) is 18.9 Å². The van der Waals surface area contributed by atoms with E-state index in [9.17, 15) is 9.90 Å². The van der Waals surface area contributed by atoms with E-state index < -0.39 is 6.10 Å². The van der Waals surface area contributed by atoms with Crippen LogP contribution in [0.25, 0.3) is 0 Å². The molecule has 100 valence electrons. The molecule has 1 heterocycles. The Bertz CT molecular complexity index is 537. The Kier molecular flexibility index (Phi) is 4.30. The summed E-state index contributed by atoms with van der Waals surface area (Å²) in [6.45, 7) is 2.07. The Balaban J connectivity index is 1.81. The van der Waals surface area contributed by atoms with Crippen molar-refractivity contribution in [2.45, 2.75) is 19.4 Å². The molecule has 0 saturated heterocycles. The van der Waals surface area contributed by atoms with Crippen LogP contribution in [-0.2, 0) is 0 Å². The zero-order chi connectivity index (χ0) is 13.7. The summed E-state index contributed by atoms with van der Waals surface area (Å²) in [5.41, 5.74) is 1.27. The minimum Gasteiger partial charge on any atom is -0.388 e. The van der Waals surface area contributed by atoms with Crippen LogP contribution in [0.3, 0.4) is 0 Å². The highest BCUT2D eigenvalue weighted by molar-refractivity contribution is 5.94. The zero-order valence-electron chi connectivity index (χ0n) is 10.7. The molecule has 0 fully saturated rings. The summed E-state index contributed by atoms with van der Waals surface area (Å²) in [5, 5.41) is 16.2. The van der Waals surface area contributed by atoms with E-state index in [-0.39, 0.29) is 5.91 Å². The van der Waals surface area contributed by atoms with E-state index in [1.807, 2.05) is 30.3 Å². The quantitative estimate of drug-likeness (QED) is 0.860. The molecule has 0 aliphatic heterocycles. The number of aromatic nitrogens is 1. The lowest BCUT2D eigenvalue weighted by molar-refractivity contribution is 0.0941. The molecule has 0 aliphatic rings. The molecule has 0 unspecified atom stereocenters. The molecular formula is C14H16N2O3. The summed E-state index contributed by atoms with van der Waals surface area (Å²) in [4.78, 5) is 11.8. The number of rotatable bonds is 5. The van der Waals surface area contributed by atoms with E-state index in [2.05, 4.69) is 10.5 Å². The number of aliphatic hydroxyl groups excluding tert-OH is 1. The summed E-state index contributed by atoms with van der Waals surface area (Å²) in [7, 11) is 0. The molecule has 2 rings (SSSR count). The van der Waals surface area contributed by atoms with Crippen molar-refractivity contribution in [2.75, 3.05) is 6.54 Å². The SMILES string of the molecule is Cc1oncc1C(=O)NCC[C@H](O)c1ccccc1. The number of hydrogen-bond donors (Lipinski definition) is 2. The third-order valence-corrected chi connectivity index (χ3v) is 2.88. The highest BCUT2D eigenvalue weighted by Gasteiger charge is 2.13. The van der Waals surface area contributed by atoms with Gasteiger partial charge in [0.2, 0.25) is 0 Å². The van der Waals surface area contributed by atoms with Crippen molar-refractivity contribution in [3.8, 4) is 0 Å². The largest absolute Gasteiger partial charge is 0.388 e. The molecule has 0 radical (unpaired) electrons. The number of carbonyl (C=O) groups is 1. The lowest BCUT2D eigenvalue weighted by atomic mass is 10.1. The van der Waals surface area contributed by atoms with E-state index in [0.29, 0.717) is 24.3 Å². The topological polar surface area (TPSA) is 75.4 Å². The van der Waals surface area contributed by atoms with Crippen LogP contribution in [0.15, 0.2) is 41.1 Å². The highest BCUT2D eigenvalue weighted by Crippen LogP contribution is 2.15. The Hall–Kier alpha value is -2.14. The number of hydrogen-bond acceptors (Lipinski definition) is 4. The number of amides is 1. The Morgan fingerprint density at radius 3 is 2.79 bits per heavy atom. The van der Waals surface area contributed by atoms with E-state index in [4.69, 9.17) is 4.52 Å². The lowest BCUT2D eigenvalue weighted by Gasteiger charge is -2.11. The molecule has 5 heteroatoms. The van der Waals surface area contributed by atoms with Crippen LogP contribution in [-0.4, -0.2) is 22.7 Å². The molecule has 2 N–H and O–H groups in total. The van der Waals surface area contributed by atoms with Gasteiger partial charge in [0.1, 0.15) is 11.3 Å². The van der Waals surface area contributed by atoms with Crippen molar-refractivity contribution in [3.63, 3.8) is 0 Å². The number of aliphatic hydroxyl groups is 1. The smallest absolute Gasteiger partial charge is 0.256 e. The zero-order valence-corrected chi connectivity index (χ0v) is 10.7.